The molecule has 5 rings (SSSR count). The van der Waals surface area contributed by atoms with Crippen molar-refractivity contribution < 1.29 is 18.7 Å². The van der Waals surface area contributed by atoms with Gasteiger partial charge in [0.1, 0.15) is 17.1 Å². The first-order chi connectivity index (χ1) is 13.3. The van der Waals surface area contributed by atoms with E-state index in [1.54, 1.807) is 4.90 Å². The van der Waals surface area contributed by atoms with Crippen LogP contribution in [-0.4, -0.2) is 40.8 Å². The van der Waals surface area contributed by atoms with Gasteiger partial charge in [0, 0.05) is 37.4 Å². The van der Waals surface area contributed by atoms with Crippen LogP contribution in [0.1, 0.15) is 42.6 Å². The van der Waals surface area contributed by atoms with Gasteiger partial charge in [-0.15, -0.1) is 0 Å². The maximum absolute atomic E-state index is 15.6. The fraction of sp³-hybridized carbons (Fsp3) is 0.500. The molecule has 2 saturated heterocycles. The Labute approximate surface area is 159 Å². The molecule has 3 heterocycles. The SMILES string of the molecule is CC1CC2CN(c3c(F)cc4c(=O)c(C(=O)O)cn(C5CC5)c4c3F)CC2N1. The zero-order valence-electron chi connectivity index (χ0n) is 15.4. The Morgan fingerprint density at radius 3 is 2.68 bits per heavy atom. The number of hydrogen-bond acceptors (Lipinski definition) is 4. The summed E-state index contributed by atoms with van der Waals surface area (Å²) in [6.07, 6.45) is 3.72. The molecule has 28 heavy (non-hydrogen) atoms. The molecule has 1 aromatic carbocycles. The maximum atomic E-state index is 15.6. The molecule has 8 heteroatoms. The van der Waals surface area contributed by atoms with Gasteiger partial charge in [0.2, 0.25) is 5.43 Å². The first-order valence-electron chi connectivity index (χ1n) is 9.66. The number of pyridine rings is 1. The third-order valence-electron chi connectivity index (χ3n) is 6.27. The van der Waals surface area contributed by atoms with E-state index in [9.17, 15) is 19.1 Å². The normalized spacial score (nSPS) is 26.8. The first kappa shape index (κ1) is 17.6. The molecule has 148 valence electrons. The predicted octanol–water partition coefficient (Wildman–Crippen LogP) is 2.50. The van der Waals surface area contributed by atoms with E-state index in [1.165, 1.54) is 10.8 Å². The van der Waals surface area contributed by atoms with Crippen molar-refractivity contribution in [1.29, 1.82) is 0 Å². The van der Waals surface area contributed by atoms with Crippen molar-refractivity contribution >= 4 is 22.6 Å². The topological polar surface area (TPSA) is 74.6 Å². The van der Waals surface area contributed by atoms with Crippen LogP contribution in [0.3, 0.4) is 0 Å². The number of halogens is 2. The van der Waals surface area contributed by atoms with Crippen LogP contribution in [0.2, 0.25) is 0 Å². The Kier molecular flexibility index (Phi) is 3.78. The number of aromatic carboxylic acids is 1. The van der Waals surface area contributed by atoms with Crippen molar-refractivity contribution in [3.63, 3.8) is 0 Å². The summed E-state index contributed by atoms with van der Waals surface area (Å²) in [5, 5.41) is 12.6. The molecule has 0 amide bonds. The zero-order valence-corrected chi connectivity index (χ0v) is 15.4. The average Bonchev–Trinajstić information content (AvgIpc) is 3.30. The zero-order chi connectivity index (χ0) is 19.7. The molecule has 0 bridgehead atoms. The molecule has 3 fully saturated rings. The molecule has 1 saturated carbocycles. The second-order valence-electron chi connectivity index (χ2n) is 8.31. The molecule has 3 unspecified atom stereocenters. The van der Waals surface area contributed by atoms with E-state index >= 15 is 4.39 Å². The summed E-state index contributed by atoms with van der Waals surface area (Å²) >= 11 is 0. The Morgan fingerprint density at radius 2 is 2.04 bits per heavy atom. The van der Waals surface area contributed by atoms with E-state index < -0.39 is 28.6 Å². The number of rotatable bonds is 3. The minimum absolute atomic E-state index is 0.00675. The summed E-state index contributed by atoms with van der Waals surface area (Å²) in [5.41, 5.74) is -1.42. The van der Waals surface area contributed by atoms with Gasteiger partial charge in [-0.05, 0) is 38.2 Å². The van der Waals surface area contributed by atoms with Crippen molar-refractivity contribution in [2.45, 2.75) is 44.3 Å². The molecule has 0 spiro atoms. The molecular weight excluding hydrogens is 368 g/mol. The molecule has 2 N–H and O–H groups in total. The van der Waals surface area contributed by atoms with Crippen molar-refractivity contribution in [1.82, 2.24) is 9.88 Å². The first-order valence-corrected chi connectivity index (χ1v) is 9.66. The predicted molar refractivity (Wildman–Crippen MR) is 100 cm³/mol. The molecule has 1 aliphatic carbocycles. The van der Waals surface area contributed by atoms with Gasteiger partial charge < -0.3 is 19.9 Å². The molecule has 6 nitrogen and oxygen atoms in total. The summed E-state index contributed by atoms with van der Waals surface area (Å²) in [7, 11) is 0. The van der Waals surface area contributed by atoms with Crippen LogP contribution < -0.4 is 15.6 Å². The van der Waals surface area contributed by atoms with Crippen LogP contribution in [0.15, 0.2) is 17.1 Å². The highest BCUT2D eigenvalue weighted by Crippen LogP contribution is 2.41. The van der Waals surface area contributed by atoms with E-state index in [0.717, 1.165) is 25.3 Å². The van der Waals surface area contributed by atoms with Gasteiger partial charge >= 0.3 is 5.97 Å². The summed E-state index contributed by atoms with van der Waals surface area (Å²) in [6, 6.07) is 1.54. The molecule has 0 radical (unpaired) electrons. The van der Waals surface area contributed by atoms with Crippen LogP contribution in [0.4, 0.5) is 14.5 Å². The van der Waals surface area contributed by atoms with Crippen LogP contribution in [0.5, 0.6) is 0 Å². The Morgan fingerprint density at radius 1 is 1.29 bits per heavy atom. The summed E-state index contributed by atoms with van der Waals surface area (Å²) < 4.78 is 32.0. The molecular formula is C20H21F2N3O3. The van der Waals surface area contributed by atoms with Gasteiger partial charge in [0.05, 0.1) is 10.9 Å². The number of nitrogens with one attached hydrogen (secondary N) is 1. The molecule has 2 aliphatic heterocycles. The quantitative estimate of drug-likeness (QED) is 0.844. The molecule has 3 aliphatic rings. The number of carbonyl (C=O) groups is 1. The second-order valence-corrected chi connectivity index (χ2v) is 8.31. The fourth-order valence-electron chi connectivity index (χ4n) is 4.88. The maximum Gasteiger partial charge on any atom is 0.341 e. The highest BCUT2D eigenvalue weighted by Gasteiger charge is 2.41. The number of benzene rings is 1. The average molecular weight is 389 g/mol. The third kappa shape index (κ3) is 2.54. The minimum Gasteiger partial charge on any atom is -0.477 e. The minimum atomic E-state index is -1.39. The van der Waals surface area contributed by atoms with Gasteiger partial charge in [-0.1, -0.05) is 0 Å². The van der Waals surface area contributed by atoms with E-state index in [4.69, 9.17) is 0 Å². The van der Waals surface area contributed by atoms with Crippen LogP contribution >= 0.6 is 0 Å². The smallest absolute Gasteiger partial charge is 0.341 e. The van der Waals surface area contributed by atoms with Crippen molar-refractivity contribution in [2.24, 2.45) is 5.92 Å². The summed E-state index contributed by atoms with van der Waals surface area (Å²) in [5.74, 6) is -2.65. The van der Waals surface area contributed by atoms with Gasteiger partial charge in [-0.3, -0.25) is 4.79 Å². The number of fused-ring (bicyclic) bond motifs is 2. The summed E-state index contributed by atoms with van der Waals surface area (Å²) in [6.45, 7) is 3.17. The van der Waals surface area contributed by atoms with Crippen molar-refractivity contribution in [3.05, 3.63) is 39.7 Å². The van der Waals surface area contributed by atoms with E-state index in [-0.39, 0.29) is 28.7 Å². The van der Waals surface area contributed by atoms with Gasteiger partial charge in [-0.25, -0.2) is 13.6 Å². The monoisotopic (exact) mass is 389 g/mol. The van der Waals surface area contributed by atoms with Crippen LogP contribution in [0.25, 0.3) is 10.9 Å². The molecule has 1 aromatic heterocycles. The molecule has 2 aromatic rings. The van der Waals surface area contributed by atoms with E-state index in [0.29, 0.717) is 25.0 Å². The lowest BCUT2D eigenvalue weighted by Crippen LogP contribution is -2.34. The van der Waals surface area contributed by atoms with Crippen LogP contribution in [0, 0.1) is 17.6 Å². The van der Waals surface area contributed by atoms with Gasteiger partial charge in [0.15, 0.2) is 5.82 Å². The Bertz CT molecular complexity index is 1050. The van der Waals surface area contributed by atoms with Gasteiger partial charge in [0.25, 0.3) is 0 Å². The summed E-state index contributed by atoms with van der Waals surface area (Å²) in [4.78, 5) is 25.7. The van der Waals surface area contributed by atoms with Gasteiger partial charge in [-0.2, -0.15) is 0 Å². The number of aromatic nitrogens is 1. The number of carboxylic acids is 1. The lowest BCUT2D eigenvalue weighted by molar-refractivity contribution is 0.0695. The molecule has 3 atom stereocenters. The number of nitrogens with zero attached hydrogens (tertiary/aromatic N) is 2. The fourth-order valence-corrected chi connectivity index (χ4v) is 4.88. The van der Waals surface area contributed by atoms with E-state index in [2.05, 4.69) is 12.2 Å². The Hall–Kier alpha value is -2.48. The second kappa shape index (κ2) is 6.01. The lowest BCUT2D eigenvalue weighted by atomic mass is 10.0. The van der Waals surface area contributed by atoms with Crippen molar-refractivity contribution in [3.8, 4) is 0 Å². The van der Waals surface area contributed by atoms with Crippen molar-refractivity contribution in [2.75, 3.05) is 18.0 Å². The largest absolute Gasteiger partial charge is 0.477 e. The standard InChI is InChI=1S/C20H21F2N3O3/c1-9-4-10-6-24(8-15(10)23-9)18-14(21)5-12-17(16(18)22)25(11-2-3-11)7-13(19(12)26)20(27)28/h5,7,9-11,15,23H,2-4,6,8H2,1H3,(H,27,28). The lowest BCUT2D eigenvalue weighted by Gasteiger charge is -2.23. The highest BCUT2D eigenvalue weighted by atomic mass is 19.1. The number of carboxylic acid groups (broad SMARTS) is 1. The third-order valence-corrected chi connectivity index (χ3v) is 6.27. The van der Waals surface area contributed by atoms with Crippen LogP contribution in [-0.2, 0) is 0 Å². The number of hydrogen-bond donors (Lipinski definition) is 2. The highest BCUT2D eigenvalue weighted by molar-refractivity contribution is 5.94. The number of anilines is 1. The van der Waals surface area contributed by atoms with E-state index in [1.807, 2.05) is 0 Å². The Balaban J connectivity index is 1.68.